The summed E-state index contributed by atoms with van der Waals surface area (Å²) in [7, 11) is -3.36. The zero-order valence-corrected chi connectivity index (χ0v) is 12.0. The van der Waals surface area contributed by atoms with Gasteiger partial charge >= 0.3 is 0 Å². The van der Waals surface area contributed by atoms with Crippen LogP contribution in [-0.4, -0.2) is 31.2 Å². The van der Waals surface area contributed by atoms with E-state index in [-0.39, 0.29) is 12.6 Å². The number of rotatable bonds is 7. The number of nitrogens with one attached hydrogen (secondary N) is 2. The molecule has 2 N–H and O–H groups in total. The van der Waals surface area contributed by atoms with Crippen molar-refractivity contribution in [2.45, 2.75) is 45.5 Å². The Hall–Kier alpha value is -0.920. The first-order chi connectivity index (χ1) is 8.31. The van der Waals surface area contributed by atoms with Crippen LogP contribution in [0.15, 0.2) is 10.6 Å². The van der Waals surface area contributed by atoms with Gasteiger partial charge in [0.05, 0.1) is 18.0 Å². The molecule has 18 heavy (non-hydrogen) atoms. The molecule has 1 heterocycles. The first-order valence-corrected chi connectivity index (χ1v) is 7.49. The summed E-state index contributed by atoms with van der Waals surface area (Å²) in [6.45, 7) is 7.88. The lowest BCUT2D eigenvalue weighted by Gasteiger charge is -2.15. The van der Waals surface area contributed by atoms with Crippen molar-refractivity contribution >= 4 is 10.0 Å². The lowest BCUT2D eigenvalue weighted by molar-refractivity contribution is 0.461. The molecular weight excluding hydrogens is 254 g/mol. The molecule has 0 saturated heterocycles. The fraction of sp³-hybridized carbons (Fsp3) is 0.727. The Balaban J connectivity index is 2.48. The van der Waals surface area contributed by atoms with Crippen LogP contribution in [0, 0.1) is 6.92 Å². The summed E-state index contributed by atoms with van der Waals surface area (Å²) < 4.78 is 31.5. The molecule has 0 aliphatic rings. The van der Waals surface area contributed by atoms with Gasteiger partial charge in [-0.25, -0.2) is 18.1 Å². The predicted octanol–water partition coefficient (Wildman–Crippen LogP) is 0.789. The van der Waals surface area contributed by atoms with Crippen molar-refractivity contribution in [3.63, 3.8) is 0 Å². The van der Waals surface area contributed by atoms with Crippen molar-refractivity contribution in [1.82, 2.24) is 15.0 Å². The molecule has 7 heteroatoms. The van der Waals surface area contributed by atoms with Crippen molar-refractivity contribution in [2.24, 2.45) is 0 Å². The van der Waals surface area contributed by atoms with Gasteiger partial charge in [0.15, 0.2) is 0 Å². The number of hydrogen-bond acceptors (Lipinski definition) is 5. The average molecular weight is 275 g/mol. The lowest BCUT2D eigenvalue weighted by Crippen LogP contribution is -2.40. The van der Waals surface area contributed by atoms with Gasteiger partial charge in [0.1, 0.15) is 5.76 Å². The fourth-order valence-electron chi connectivity index (χ4n) is 1.30. The van der Waals surface area contributed by atoms with Crippen molar-refractivity contribution in [2.75, 3.05) is 6.54 Å². The maximum atomic E-state index is 11.9. The van der Waals surface area contributed by atoms with E-state index in [1.54, 1.807) is 20.0 Å². The van der Waals surface area contributed by atoms with Crippen molar-refractivity contribution in [3.8, 4) is 0 Å². The van der Waals surface area contributed by atoms with E-state index in [0.717, 1.165) is 0 Å². The third-order valence-electron chi connectivity index (χ3n) is 2.44. The van der Waals surface area contributed by atoms with E-state index < -0.39 is 15.3 Å². The molecule has 0 aliphatic carbocycles. The molecule has 0 aliphatic heterocycles. The second-order valence-electron chi connectivity index (χ2n) is 4.60. The van der Waals surface area contributed by atoms with Gasteiger partial charge in [0.2, 0.25) is 15.9 Å². The molecule has 1 aromatic heterocycles. The monoisotopic (exact) mass is 275 g/mol. The van der Waals surface area contributed by atoms with Crippen LogP contribution in [0.3, 0.4) is 0 Å². The van der Waals surface area contributed by atoms with Gasteiger partial charge in [-0.15, -0.1) is 0 Å². The van der Waals surface area contributed by atoms with Gasteiger partial charge in [-0.1, -0.05) is 13.8 Å². The van der Waals surface area contributed by atoms with Crippen molar-refractivity contribution in [1.29, 1.82) is 0 Å². The highest BCUT2D eigenvalue weighted by Crippen LogP contribution is 2.03. The number of aryl methyl sites for hydroxylation is 1. The Labute approximate surface area is 108 Å². The van der Waals surface area contributed by atoms with Crippen LogP contribution in [0.5, 0.6) is 0 Å². The molecule has 1 unspecified atom stereocenters. The minimum atomic E-state index is -3.36. The van der Waals surface area contributed by atoms with E-state index in [4.69, 9.17) is 4.42 Å². The fourth-order valence-corrected chi connectivity index (χ4v) is 2.22. The molecule has 0 spiro atoms. The summed E-state index contributed by atoms with van der Waals surface area (Å²) in [5.41, 5.74) is 0. The summed E-state index contributed by atoms with van der Waals surface area (Å²) in [5.74, 6) is 1.04. The number of aromatic nitrogens is 1. The first kappa shape index (κ1) is 15.1. The van der Waals surface area contributed by atoms with Gasteiger partial charge in [-0.3, -0.25) is 0 Å². The molecule has 0 aromatic carbocycles. The van der Waals surface area contributed by atoms with Crippen molar-refractivity contribution < 1.29 is 12.8 Å². The maximum Gasteiger partial charge on any atom is 0.215 e. The van der Waals surface area contributed by atoms with Crippen molar-refractivity contribution in [3.05, 3.63) is 17.8 Å². The average Bonchev–Trinajstić information content (AvgIpc) is 2.69. The summed E-state index contributed by atoms with van der Waals surface area (Å²) in [5, 5.41) is 2.59. The third kappa shape index (κ3) is 4.75. The molecule has 104 valence electrons. The van der Waals surface area contributed by atoms with Gasteiger partial charge in [0, 0.05) is 12.6 Å². The van der Waals surface area contributed by atoms with E-state index >= 15 is 0 Å². The topological polar surface area (TPSA) is 84.2 Å². The number of oxazole rings is 1. The Morgan fingerprint density at radius 2 is 2.06 bits per heavy atom. The second kappa shape index (κ2) is 6.31. The molecule has 1 aromatic rings. The van der Waals surface area contributed by atoms with Crippen LogP contribution in [0.25, 0.3) is 0 Å². The Morgan fingerprint density at radius 3 is 2.56 bits per heavy atom. The first-order valence-electron chi connectivity index (χ1n) is 5.94. The van der Waals surface area contributed by atoms with Gasteiger partial charge < -0.3 is 9.73 Å². The van der Waals surface area contributed by atoms with E-state index in [1.807, 2.05) is 13.8 Å². The smallest absolute Gasteiger partial charge is 0.215 e. The van der Waals surface area contributed by atoms with E-state index in [9.17, 15) is 8.42 Å². The summed E-state index contributed by atoms with van der Waals surface area (Å²) in [6.07, 6.45) is 1.56. The number of hydrogen-bond donors (Lipinski definition) is 2. The molecule has 0 radical (unpaired) electrons. The van der Waals surface area contributed by atoms with E-state index in [2.05, 4.69) is 15.0 Å². The van der Waals surface area contributed by atoms with Crippen LogP contribution in [0.4, 0.5) is 0 Å². The highest BCUT2D eigenvalue weighted by atomic mass is 32.2. The summed E-state index contributed by atoms with van der Waals surface area (Å²) in [6, 6.07) is 0.261. The number of sulfonamides is 1. The Bertz CT molecular complexity index is 468. The van der Waals surface area contributed by atoms with Gasteiger partial charge in [-0.05, 0) is 13.8 Å². The normalized spacial score (nSPS) is 14.1. The minimum Gasteiger partial charge on any atom is -0.445 e. The zero-order valence-electron chi connectivity index (χ0n) is 11.2. The standard InChI is InChI=1S/C11H21N3O3S/c1-8(2)12-6-10(4)18(15,16)14-7-11-13-5-9(3)17-11/h5,8,10,12,14H,6-7H2,1-4H3. The summed E-state index contributed by atoms with van der Waals surface area (Å²) >= 11 is 0. The largest absolute Gasteiger partial charge is 0.445 e. The van der Waals surface area contributed by atoms with Crippen LogP contribution >= 0.6 is 0 Å². The highest BCUT2D eigenvalue weighted by Gasteiger charge is 2.20. The van der Waals surface area contributed by atoms with Crippen LogP contribution in [0.2, 0.25) is 0 Å². The van der Waals surface area contributed by atoms with Gasteiger partial charge in [-0.2, -0.15) is 0 Å². The molecule has 1 rings (SSSR count). The molecule has 0 fully saturated rings. The zero-order chi connectivity index (χ0) is 13.8. The summed E-state index contributed by atoms with van der Waals surface area (Å²) in [4.78, 5) is 3.94. The quantitative estimate of drug-likeness (QED) is 0.768. The molecule has 0 bridgehead atoms. The van der Waals surface area contributed by atoms with E-state index in [0.29, 0.717) is 18.2 Å². The number of nitrogens with zero attached hydrogens (tertiary/aromatic N) is 1. The molecule has 1 atom stereocenters. The van der Waals surface area contributed by atoms with E-state index in [1.165, 1.54) is 0 Å². The molecule has 0 saturated carbocycles. The molecule has 6 nitrogen and oxygen atoms in total. The Morgan fingerprint density at radius 1 is 1.39 bits per heavy atom. The van der Waals surface area contributed by atoms with Crippen LogP contribution < -0.4 is 10.0 Å². The van der Waals surface area contributed by atoms with Gasteiger partial charge in [0.25, 0.3) is 0 Å². The Kier molecular flexibility index (Phi) is 5.30. The lowest BCUT2D eigenvalue weighted by atomic mass is 10.3. The minimum absolute atomic E-state index is 0.0855. The predicted molar refractivity (Wildman–Crippen MR) is 69.6 cm³/mol. The maximum absolute atomic E-state index is 11.9. The second-order valence-corrected chi connectivity index (χ2v) is 6.79. The SMILES string of the molecule is Cc1cnc(CNS(=O)(=O)C(C)CNC(C)C)o1. The molecule has 0 amide bonds. The van der Waals surface area contributed by atoms with Crippen LogP contribution in [-0.2, 0) is 16.6 Å². The third-order valence-corrected chi connectivity index (χ3v) is 4.21. The molecular formula is C11H21N3O3S. The van der Waals surface area contributed by atoms with Crippen LogP contribution in [0.1, 0.15) is 32.4 Å². The highest BCUT2D eigenvalue weighted by molar-refractivity contribution is 7.90.